The smallest absolute Gasteiger partial charge is 0.420 e. The Kier molecular flexibility index (Phi) is 8.50. The van der Waals surface area contributed by atoms with Crippen LogP contribution in [-0.4, -0.2) is 45.3 Å². The molecule has 0 saturated carbocycles. The van der Waals surface area contributed by atoms with Crippen LogP contribution in [0, 0.1) is 10.1 Å². The summed E-state index contributed by atoms with van der Waals surface area (Å²) in [5, 5.41) is 14.4. The Labute approximate surface area is 208 Å². The van der Waals surface area contributed by atoms with Gasteiger partial charge in [-0.05, 0) is 53.2 Å². The summed E-state index contributed by atoms with van der Waals surface area (Å²) < 4.78 is 15.8. The van der Waals surface area contributed by atoms with Gasteiger partial charge < -0.3 is 19.5 Å². The minimum atomic E-state index is -0.911. The van der Waals surface area contributed by atoms with Crippen molar-refractivity contribution in [3.63, 3.8) is 0 Å². The number of rotatable bonds is 6. The molecule has 1 N–H and O–H groups in total. The van der Waals surface area contributed by atoms with Crippen LogP contribution < -0.4 is 10.1 Å². The first-order valence-corrected chi connectivity index (χ1v) is 11.0. The number of carbonyl (C=O) groups excluding carboxylic acids is 2. The molecule has 35 heavy (non-hydrogen) atoms. The first-order valence-electron chi connectivity index (χ1n) is 10.6. The second-order valence-electron chi connectivity index (χ2n) is 9.43. The maximum Gasteiger partial charge on any atom is 0.420 e. The topological polar surface area (TPSA) is 133 Å². The number of imide groups is 1. The maximum absolute atomic E-state index is 12.8. The zero-order valence-corrected chi connectivity index (χ0v) is 21.4. The second kappa shape index (κ2) is 10.8. The largest absolute Gasteiger partial charge is 0.481 e. The molecule has 11 nitrogen and oxygen atoms in total. The summed E-state index contributed by atoms with van der Waals surface area (Å²) >= 11 is 6.56. The Hall–Kier alpha value is -3.60. The van der Waals surface area contributed by atoms with Gasteiger partial charge in [-0.25, -0.2) is 14.5 Å². The predicted octanol–water partition coefficient (Wildman–Crippen LogP) is 6.07. The van der Waals surface area contributed by atoms with Crippen LogP contribution >= 0.6 is 11.6 Å². The van der Waals surface area contributed by atoms with Gasteiger partial charge in [0.15, 0.2) is 0 Å². The summed E-state index contributed by atoms with van der Waals surface area (Å²) in [4.78, 5) is 41.3. The number of halogens is 1. The van der Waals surface area contributed by atoms with E-state index in [1.165, 1.54) is 19.2 Å². The molecule has 0 fully saturated rings. The van der Waals surface area contributed by atoms with E-state index >= 15 is 0 Å². The van der Waals surface area contributed by atoms with Gasteiger partial charge in [0.2, 0.25) is 11.7 Å². The highest BCUT2D eigenvalue weighted by atomic mass is 35.5. The van der Waals surface area contributed by atoms with Crippen LogP contribution in [0.3, 0.4) is 0 Å². The minimum absolute atomic E-state index is 0.0930. The number of anilines is 2. The number of nitro groups is 1. The van der Waals surface area contributed by atoms with E-state index in [0.717, 1.165) is 4.90 Å². The van der Waals surface area contributed by atoms with E-state index in [4.69, 9.17) is 25.8 Å². The van der Waals surface area contributed by atoms with Crippen LogP contribution in [0.1, 0.15) is 47.1 Å². The van der Waals surface area contributed by atoms with Crippen molar-refractivity contribution in [2.75, 3.05) is 12.4 Å². The fraction of sp³-hybridized carbons (Fsp3) is 0.435. The van der Waals surface area contributed by atoms with Crippen LogP contribution in [0.2, 0.25) is 5.02 Å². The number of amides is 2. The molecular weight excluding hydrogens is 480 g/mol. The van der Waals surface area contributed by atoms with E-state index in [9.17, 15) is 19.7 Å². The van der Waals surface area contributed by atoms with Crippen molar-refractivity contribution in [1.82, 2.24) is 9.88 Å². The highest BCUT2D eigenvalue weighted by Gasteiger charge is 2.32. The Morgan fingerprint density at radius 2 is 1.63 bits per heavy atom. The summed E-state index contributed by atoms with van der Waals surface area (Å²) in [6, 6.07) is 7.39. The molecule has 0 aliphatic heterocycles. The van der Waals surface area contributed by atoms with E-state index in [2.05, 4.69) is 10.3 Å². The number of methoxy groups -OCH3 is 1. The fourth-order valence-electron chi connectivity index (χ4n) is 2.72. The Balaban J connectivity index is 2.43. The zero-order chi connectivity index (χ0) is 26.6. The van der Waals surface area contributed by atoms with Gasteiger partial charge in [0, 0.05) is 12.1 Å². The van der Waals surface area contributed by atoms with Gasteiger partial charge in [-0.15, -0.1) is 0 Å². The molecule has 2 rings (SSSR count). The molecule has 0 spiro atoms. The van der Waals surface area contributed by atoms with Gasteiger partial charge in [-0.2, -0.15) is 4.98 Å². The number of hydrogen-bond donors (Lipinski definition) is 1. The number of benzene rings is 1. The average Bonchev–Trinajstić information content (AvgIpc) is 2.71. The third kappa shape index (κ3) is 7.99. The van der Waals surface area contributed by atoms with Crippen molar-refractivity contribution in [2.24, 2.45) is 0 Å². The molecule has 190 valence electrons. The third-order valence-corrected chi connectivity index (χ3v) is 4.59. The van der Waals surface area contributed by atoms with Crippen molar-refractivity contribution in [1.29, 1.82) is 0 Å². The molecule has 0 unspecified atom stereocenters. The van der Waals surface area contributed by atoms with Crippen LogP contribution in [-0.2, 0) is 16.0 Å². The molecule has 2 amide bonds. The standard InChI is InChI=1S/C23H29ClN4O7/c1-22(2,3)34-20(29)27(21(30)35-23(4,5)6)13-14-9-8-10-15(18(14)24)25-19-16(28(31)32)11-12-17(26-19)33-7/h8-12H,13H2,1-7H3,(H,25,26). The van der Waals surface area contributed by atoms with Gasteiger partial charge >= 0.3 is 17.9 Å². The molecule has 1 aromatic heterocycles. The Morgan fingerprint density at radius 3 is 2.11 bits per heavy atom. The van der Waals surface area contributed by atoms with E-state index in [0.29, 0.717) is 5.56 Å². The van der Waals surface area contributed by atoms with Crippen molar-refractivity contribution >= 4 is 41.0 Å². The van der Waals surface area contributed by atoms with E-state index in [1.807, 2.05) is 0 Å². The number of ether oxygens (including phenoxy) is 3. The van der Waals surface area contributed by atoms with Crippen LogP contribution in [0.5, 0.6) is 5.88 Å². The molecule has 2 aromatic rings. The molecule has 0 radical (unpaired) electrons. The van der Waals surface area contributed by atoms with Crippen molar-refractivity contribution < 1.29 is 28.7 Å². The van der Waals surface area contributed by atoms with Crippen LogP contribution in [0.4, 0.5) is 26.8 Å². The number of nitrogens with zero attached hydrogens (tertiary/aromatic N) is 3. The number of aromatic nitrogens is 1. The Bertz CT molecular complexity index is 1080. The van der Waals surface area contributed by atoms with Crippen molar-refractivity contribution in [2.45, 2.75) is 59.3 Å². The summed E-state index contributed by atoms with van der Waals surface area (Å²) in [5.41, 5.74) is -1.39. The third-order valence-electron chi connectivity index (χ3n) is 4.14. The number of carbonyl (C=O) groups is 2. The predicted molar refractivity (Wildman–Crippen MR) is 130 cm³/mol. The lowest BCUT2D eigenvalue weighted by Crippen LogP contribution is -2.43. The van der Waals surface area contributed by atoms with Gasteiger partial charge in [0.1, 0.15) is 11.2 Å². The molecule has 0 saturated heterocycles. The average molecular weight is 509 g/mol. The van der Waals surface area contributed by atoms with E-state index in [1.54, 1.807) is 59.7 Å². The summed E-state index contributed by atoms with van der Waals surface area (Å²) in [6.45, 7) is 9.75. The van der Waals surface area contributed by atoms with Crippen molar-refractivity contribution in [3.8, 4) is 5.88 Å². The molecular formula is C23H29ClN4O7. The minimum Gasteiger partial charge on any atom is -0.481 e. The first-order chi connectivity index (χ1) is 16.1. The van der Waals surface area contributed by atoms with Crippen LogP contribution in [0.25, 0.3) is 0 Å². The Morgan fingerprint density at radius 1 is 1.06 bits per heavy atom. The highest BCUT2D eigenvalue weighted by molar-refractivity contribution is 6.34. The molecule has 1 aromatic carbocycles. The van der Waals surface area contributed by atoms with Gasteiger partial charge in [0.05, 0.1) is 29.3 Å². The molecule has 1 heterocycles. The van der Waals surface area contributed by atoms with E-state index < -0.39 is 28.3 Å². The molecule has 0 aliphatic rings. The molecule has 0 atom stereocenters. The SMILES string of the molecule is COc1ccc([N+](=O)[O-])c(Nc2cccc(CN(C(=O)OC(C)(C)C)C(=O)OC(C)(C)C)c2Cl)n1. The zero-order valence-electron chi connectivity index (χ0n) is 20.7. The second-order valence-corrected chi connectivity index (χ2v) is 9.81. The molecule has 0 bridgehead atoms. The number of nitrogens with one attached hydrogen (secondary N) is 1. The lowest BCUT2D eigenvalue weighted by molar-refractivity contribution is -0.384. The van der Waals surface area contributed by atoms with Crippen molar-refractivity contribution in [3.05, 3.63) is 51.0 Å². The quantitative estimate of drug-likeness (QED) is 0.364. The molecule has 12 heteroatoms. The normalized spacial score (nSPS) is 11.4. The van der Waals surface area contributed by atoms with Crippen LogP contribution in [0.15, 0.2) is 30.3 Å². The number of hydrogen-bond acceptors (Lipinski definition) is 9. The molecule has 0 aliphatic carbocycles. The summed E-state index contributed by atoms with van der Waals surface area (Å²) in [7, 11) is 1.38. The summed E-state index contributed by atoms with van der Waals surface area (Å²) in [5.74, 6) is 0.0657. The lowest BCUT2D eigenvalue weighted by atomic mass is 10.1. The number of pyridine rings is 1. The lowest BCUT2D eigenvalue weighted by Gasteiger charge is -2.29. The van der Waals surface area contributed by atoms with E-state index in [-0.39, 0.29) is 34.6 Å². The summed E-state index contributed by atoms with van der Waals surface area (Å²) in [6.07, 6.45) is -1.82. The first kappa shape index (κ1) is 27.6. The highest BCUT2D eigenvalue weighted by Crippen LogP contribution is 2.33. The van der Waals surface area contributed by atoms with Gasteiger partial charge in [-0.3, -0.25) is 10.1 Å². The fourth-order valence-corrected chi connectivity index (χ4v) is 2.95. The monoisotopic (exact) mass is 508 g/mol. The van der Waals surface area contributed by atoms with Gasteiger partial charge in [-0.1, -0.05) is 23.7 Å². The van der Waals surface area contributed by atoms with Gasteiger partial charge in [0.25, 0.3) is 0 Å². The maximum atomic E-state index is 12.8.